The second kappa shape index (κ2) is 7.40. The van der Waals surface area contributed by atoms with E-state index < -0.39 is 26.2 Å². The van der Waals surface area contributed by atoms with Gasteiger partial charge in [0.25, 0.3) is 0 Å². The summed E-state index contributed by atoms with van der Waals surface area (Å²) in [6.07, 6.45) is -0.236. The predicted octanol–water partition coefficient (Wildman–Crippen LogP) is 2.55. The lowest BCUT2D eigenvalue weighted by Crippen LogP contribution is -2.42. The number of rotatable bonds is 7. The fourth-order valence-electron chi connectivity index (χ4n) is 1.33. The summed E-state index contributed by atoms with van der Waals surface area (Å²) >= 11 is 0. The average Bonchev–Trinajstić information content (AvgIpc) is 2.13. The van der Waals surface area contributed by atoms with Crippen molar-refractivity contribution < 1.29 is 19.4 Å². The Morgan fingerprint density at radius 2 is 1.83 bits per heavy atom. The van der Waals surface area contributed by atoms with Crippen LogP contribution in [0.2, 0.25) is 25.7 Å². The van der Waals surface area contributed by atoms with Crippen molar-refractivity contribution in [3.8, 4) is 0 Å². The van der Waals surface area contributed by atoms with E-state index in [9.17, 15) is 9.59 Å². The summed E-state index contributed by atoms with van der Waals surface area (Å²) in [7, 11) is -1.23. The first-order valence-electron chi connectivity index (χ1n) is 6.28. The van der Waals surface area contributed by atoms with Crippen LogP contribution in [0.1, 0.15) is 20.3 Å². The summed E-state index contributed by atoms with van der Waals surface area (Å²) < 4.78 is 5.00. The molecule has 1 atom stereocenters. The van der Waals surface area contributed by atoms with Gasteiger partial charge in [-0.3, -0.25) is 0 Å². The Morgan fingerprint density at radius 1 is 1.28 bits per heavy atom. The standard InChI is InChI=1S/C12H25NO4Si/c1-9(2)8-10(11(14)15)13-12(16)17-6-7-18(3,4)5/h9-10H,6-8H2,1-5H3,(H,13,16)(H,14,15)/t10-/m0/s1. The van der Waals surface area contributed by atoms with E-state index in [-0.39, 0.29) is 5.92 Å². The lowest BCUT2D eigenvalue weighted by Gasteiger charge is -2.18. The highest BCUT2D eigenvalue weighted by atomic mass is 28.3. The summed E-state index contributed by atoms with van der Waals surface area (Å²) in [6, 6.07) is 0.00638. The Labute approximate surface area is 110 Å². The Balaban J connectivity index is 4.07. The third kappa shape index (κ3) is 9.04. The van der Waals surface area contributed by atoms with E-state index in [1.807, 2.05) is 13.8 Å². The van der Waals surface area contributed by atoms with Crippen molar-refractivity contribution in [1.82, 2.24) is 5.32 Å². The number of amides is 1. The molecule has 0 aliphatic carbocycles. The number of carboxylic acids is 1. The number of hydrogen-bond donors (Lipinski definition) is 2. The monoisotopic (exact) mass is 275 g/mol. The number of carboxylic acid groups (broad SMARTS) is 1. The van der Waals surface area contributed by atoms with Crippen LogP contribution in [0, 0.1) is 5.92 Å². The molecular weight excluding hydrogens is 250 g/mol. The number of alkyl carbamates (subject to hydrolysis) is 1. The maximum absolute atomic E-state index is 11.4. The Hall–Kier alpha value is -1.04. The molecule has 0 unspecified atom stereocenters. The van der Waals surface area contributed by atoms with Crippen LogP contribution in [0.4, 0.5) is 4.79 Å². The molecule has 0 fully saturated rings. The van der Waals surface area contributed by atoms with Gasteiger partial charge in [-0.15, -0.1) is 0 Å². The van der Waals surface area contributed by atoms with Crippen molar-refractivity contribution in [3.05, 3.63) is 0 Å². The maximum Gasteiger partial charge on any atom is 0.407 e. The van der Waals surface area contributed by atoms with Crippen LogP contribution < -0.4 is 5.32 Å². The average molecular weight is 275 g/mol. The van der Waals surface area contributed by atoms with Crippen LogP contribution in [-0.4, -0.2) is 37.9 Å². The number of hydrogen-bond acceptors (Lipinski definition) is 3. The van der Waals surface area contributed by atoms with Crippen molar-refractivity contribution in [2.24, 2.45) is 5.92 Å². The molecule has 0 aromatic heterocycles. The van der Waals surface area contributed by atoms with E-state index in [2.05, 4.69) is 25.0 Å². The highest BCUT2D eigenvalue weighted by molar-refractivity contribution is 6.76. The van der Waals surface area contributed by atoms with E-state index in [0.29, 0.717) is 13.0 Å². The molecule has 5 nitrogen and oxygen atoms in total. The molecular formula is C12H25NO4Si. The minimum absolute atomic E-state index is 0.202. The van der Waals surface area contributed by atoms with Crippen LogP contribution in [0.5, 0.6) is 0 Å². The molecule has 2 N–H and O–H groups in total. The van der Waals surface area contributed by atoms with Gasteiger partial charge in [-0.05, 0) is 18.4 Å². The zero-order valence-corrected chi connectivity index (χ0v) is 12.9. The SMILES string of the molecule is CC(C)C[C@H](NC(=O)OCC[Si](C)(C)C)C(=O)O. The molecule has 106 valence electrons. The molecule has 0 saturated heterocycles. The van der Waals surface area contributed by atoms with E-state index >= 15 is 0 Å². The summed E-state index contributed by atoms with van der Waals surface area (Å²) in [5.41, 5.74) is 0. The van der Waals surface area contributed by atoms with Gasteiger partial charge in [0.05, 0.1) is 6.61 Å². The van der Waals surface area contributed by atoms with Crippen molar-refractivity contribution in [1.29, 1.82) is 0 Å². The second-order valence-corrected chi connectivity index (χ2v) is 11.7. The van der Waals surface area contributed by atoms with E-state index in [4.69, 9.17) is 9.84 Å². The first kappa shape index (κ1) is 17.0. The van der Waals surface area contributed by atoms with Crippen LogP contribution in [0.3, 0.4) is 0 Å². The molecule has 0 saturated carbocycles. The quantitative estimate of drug-likeness (QED) is 0.700. The number of carbonyl (C=O) groups excluding carboxylic acids is 1. The van der Waals surface area contributed by atoms with Gasteiger partial charge in [-0.2, -0.15) is 0 Å². The third-order valence-electron chi connectivity index (χ3n) is 2.38. The van der Waals surface area contributed by atoms with Gasteiger partial charge in [0.15, 0.2) is 0 Å². The fourth-order valence-corrected chi connectivity index (χ4v) is 2.04. The van der Waals surface area contributed by atoms with Crippen molar-refractivity contribution in [3.63, 3.8) is 0 Å². The molecule has 6 heteroatoms. The highest BCUT2D eigenvalue weighted by Crippen LogP contribution is 2.08. The number of nitrogens with one attached hydrogen (secondary N) is 1. The van der Waals surface area contributed by atoms with Gasteiger partial charge in [0.1, 0.15) is 6.04 Å². The minimum atomic E-state index is -1.23. The Bertz CT molecular complexity index is 286. The Morgan fingerprint density at radius 3 is 2.22 bits per heavy atom. The van der Waals surface area contributed by atoms with Gasteiger partial charge in [-0.25, -0.2) is 9.59 Å². The summed E-state index contributed by atoms with van der Waals surface area (Å²) in [4.78, 5) is 22.4. The van der Waals surface area contributed by atoms with Crippen LogP contribution in [0.25, 0.3) is 0 Å². The summed E-state index contributed by atoms with van der Waals surface area (Å²) in [6.45, 7) is 10.7. The molecule has 0 aliphatic heterocycles. The van der Waals surface area contributed by atoms with Crippen LogP contribution in [0.15, 0.2) is 0 Å². The fraction of sp³-hybridized carbons (Fsp3) is 0.833. The van der Waals surface area contributed by atoms with Gasteiger partial charge in [0.2, 0.25) is 0 Å². The topological polar surface area (TPSA) is 75.6 Å². The normalized spacial score (nSPS) is 13.2. The molecule has 1 amide bonds. The smallest absolute Gasteiger partial charge is 0.407 e. The van der Waals surface area contributed by atoms with Gasteiger partial charge >= 0.3 is 12.1 Å². The molecule has 0 aromatic rings. The number of ether oxygens (including phenoxy) is 1. The van der Waals surface area contributed by atoms with E-state index in [1.165, 1.54) is 0 Å². The molecule has 18 heavy (non-hydrogen) atoms. The van der Waals surface area contributed by atoms with E-state index in [0.717, 1.165) is 6.04 Å². The zero-order chi connectivity index (χ0) is 14.3. The van der Waals surface area contributed by atoms with Crippen molar-refractivity contribution >= 4 is 20.1 Å². The maximum atomic E-state index is 11.4. The molecule has 0 heterocycles. The highest BCUT2D eigenvalue weighted by Gasteiger charge is 2.22. The minimum Gasteiger partial charge on any atom is -0.480 e. The van der Waals surface area contributed by atoms with Gasteiger partial charge in [-0.1, -0.05) is 33.5 Å². The molecule has 0 bridgehead atoms. The third-order valence-corrected chi connectivity index (χ3v) is 4.09. The van der Waals surface area contributed by atoms with Gasteiger partial charge < -0.3 is 15.2 Å². The van der Waals surface area contributed by atoms with Gasteiger partial charge in [0, 0.05) is 8.07 Å². The molecule has 0 rings (SSSR count). The second-order valence-electron chi connectivity index (χ2n) is 6.11. The first-order chi connectivity index (χ1) is 8.11. The first-order valence-corrected chi connectivity index (χ1v) is 9.98. The molecule has 0 aromatic carbocycles. The number of carbonyl (C=O) groups is 2. The zero-order valence-electron chi connectivity index (χ0n) is 11.9. The lowest BCUT2D eigenvalue weighted by molar-refractivity contribution is -0.139. The lowest BCUT2D eigenvalue weighted by atomic mass is 10.0. The predicted molar refractivity (Wildman–Crippen MR) is 73.5 cm³/mol. The van der Waals surface area contributed by atoms with Crippen molar-refractivity contribution in [2.75, 3.05) is 6.61 Å². The molecule has 0 spiro atoms. The Kier molecular flexibility index (Phi) is 6.98. The largest absolute Gasteiger partial charge is 0.480 e. The van der Waals surface area contributed by atoms with Crippen LogP contribution >= 0.6 is 0 Å². The molecule has 0 aliphatic rings. The van der Waals surface area contributed by atoms with Crippen LogP contribution in [-0.2, 0) is 9.53 Å². The summed E-state index contributed by atoms with van der Waals surface area (Å²) in [5.74, 6) is -0.820. The van der Waals surface area contributed by atoms with Crippen molar-refractivity contribution in [2.45, 2.75) is 52.0 Å². The van der Waals surface area contributed by atoms with E-state index in [1.54, 1.807) is 0 Å². The number of aliphatic carboxylic acids is 1. The molecule has 0 radical (unpaired) electrons. The summed E-state index contributed by atoms with van der Waals surface area (Å²) in [5, 5.41) is 11.4.